The molecule has 2 saturated heterocycles. The molecule has 188 valence electrons. The van der Waals surface area contributed by atoms with E-state index in [9.17, 15) is 25.5 Å². The second-order valence-electron chi connectivity index (χ2n) is 8.78. The van der Waals surface area contributed by atoms with Crippen molar-refractivity contribution in [3.8, 4) is 0 Å². The molecule has 2 heterocycles. The molecule has 1 aliphatic carbocycles. The Hall–Kier alpha value is -0.560. The molecule has 0 aromatic rings. The highest BCUT2D eigenvalue weighted by Crippen LogP contribution is 2.30. The lowest BCUT2D eigenvalue weighted by Gasteiger charge is -2.47. The van der Waals surface area contributed by atoms with E-state index < -0.39 is 92.2 Å². The Bertz CT molecular complexity index is 607. The van der Waals surface area contributed by atoms with E-state index >= 15 is 0 Å². The Labute approximate surface area is 185 Å². The molecule has 0 radical (unpaired) electrons. The van der Waals surface area contributed by atoms with Gasteiger partial charge in [0.2, 0.25) is 0 Å². The van der Waals surface area contributed by atoms with Crippen LogP contribution in [0.4, 0.5) is 0 Å². The summed E-state index contributed by atoms with van der Waals surface area (Å²) in [6.45, 7) is -0.499. The molecule has 15 N–H and O–H groups in total. The van der Waals surface area contributed by atoms with Crippen LogP contribution >= 0.6 is 0 Å². The van der Waals surface area contributed by atoms with Crippen molar-refractivity contribution in [2.75, 3.05) is 13.2 Å². The minimum atomic E-state index is -1.44. The third-order valence-electron chi connectivity index (χ3n) is 6.41. The highest BCUT2D eigenvalue weighted by atomic mass is 16.7. The normalized spacial score (nSPS) is 52.7. The number of aliphatic hydroxyl groups is 5. The van der Waals surface area contributed by atoms with Gasteiger partial charge in [-0.05, 0) is 12.8 Å². The van der Waals surface area contributed by atoms with Gasteiger partial charge in [0.15, 0.2) is 12.6 Å². The summed E-state index contributed by atoms with van der Waals surface area (Å²) >= 11 is 0. The van der Waals surface area contributed by atoms with Gasteiger partial charge in [-0.2, -0.15) is 0 Å². The summed E-state index contributed by atoms with van der Waals surface area (Å²) in [5, 5.41) is 50.7. The quantitative estimate of drug-likeness (QED) is 0.174. The van der Waals surface area contributed by atoms with Crippen LogP contribution < -0.4 is 28.7 Å². The number of ether oxygens (including phenoxy) is 4. The van der Waals surface area contributed by atoms with Crippen LogP contribution in [0, 0.1) is 0 Å². The molecule has 0 aromatic carbocycles. The smallest absolute Gasteiger partial charge is 0.186 e. The van der Waals surface area contributed by atoms with Crippen molar-refractivity contribution in [2.45, 2.75) is 98.4 Å². The summed E-state index contributed by atoms with van der Waals surface area (Å²) in [6, 6.07) is -3.27. The summed E-state index contributed by atoms with van der Waals surface area (Å²) in [4.78, 5) is 0. The van der Waals surface area contributed by atoms with Crippen LogP contribution in [0.5, 0.6) is 0 Å². The average Bonchev–Trinajstić information content (AvgIpc) is 2.75. The summed E-state index contributed by atoms with van der Waals surface area (Å²) in [5.74, 6) is 0. The highest BCUT2D eigenvalue weighted by molar-refractivity contribution is 5.01. The first-order chi connectivity index (χ1) is 15.1. The fourth-order valence-electron chi connectivity index (χ4n) is 4.43. The van der Waals surface area contributed by atoms with E-state index in [0.717, 1.165) is 0 Å². The van der Waals surface area contributed by atoms with Gasteiger partial charge in [-0.15, -0.1) is 0 Å². The summed E-state index contributed by atoms with van der Waals surface area (Å²) in [7, 11) is 0. The van der Waals surface area contributed by atoms with Crippen LogP contribution in [0.1, 0.15) is 12.8 Å². The van der Waals surface area contributed by atoms with Gasteiger partial charge in [-0.25, -0.2) is 0 Å². The number of hydrogen-bond donors (Lipinski definition) is 10. The maximum atomic E-state index is 11.0. The van der Waals surface area contributed by atoms with E-state index in [-0.39, 0.29) is 19.4 Å². The first-order valence-corrected chi connectivity index (χ1v) is 10.8. The van der Waals surface area contributed by atoms with Crippen molar-refractivity contribution in [1.29, 1.82) is 0 Å². The van der Waals surface area contributed by atoms with Gasteiger partial charge in [0.05, 0.1) is 30.9 Å². The fourth-order valence-corrected chi connectivity index (χ4v) is 4.43. The Morgan fingerprint density at radius 3 is 1.84 bits per heavy atom. The van der Waals surface area contributed by atoms with Crippen LogP contribution in [0.25, 0.3) is 0 Å². The molecule has 3 aliphatic rings. The predicted octanol–water partition coefficient (Wildman–Crippen LogP) is -6.30. The van der Waals surface area contributed by atoms with Crippen LogP contribution in [0.2, 0.25) is 0 Å². The Morgan fingerprint density at radius 2 is 1.28 bits per heavy atom. The standard InChI is InChI=1S/C18H37N5O9/c19-3-9-8(25)2-7(22)17(29-9)31-15-5(20)1-6(21)16(14(15)28)32-18-13(27)11(23)12(26)10(4-24)30-18/h5-18,24-28H,1-4,19-23H2/t5-,6+,7+,8-,9+,10-,11-,12-,13-,14+,15-,16+,17+,18-/m1/s1. The van der Waals surface area contributed by atoms with E-state index in [2.05, 4.69) is 0 Å². The molecule has 0 unspecified atom stereocenters. The number of hydrogen-bond acceptors (Lipinski definition) is 14. The molecule has 3 fully saturated rings. The van der Waals surface area contributed by atoms with Gasteiger partial charge in [0.25, 0.3) is 0 Å². The zero-order valence-electron chi connectivity index (χ0n) is 17.7. The first-order valence-electron chi connectivity index (χ1n) is 10.8. The molecule has 3 rings (SSSR count). The predicted molar refractivity (Wildman–Crippen MR) is 108 cm³/mol. The van der Waals surface area contributed by atoms with Crippen molar-refractivity contribution in [3.63, 3.8) is 0 Å². The van der Waals surface area contributed by atoms with Crippen LogP contribution in [0.3, 0.4) is 0 Å². The lowest BCUT2D eigenvalue weighted by Crippen LogP contribution is -2.68. The van der Waals surface area contributed by atoms with Gasteiger partial charge < -0.3 is 73.1 Å². The zero-order chi connectivity index (χ0) is 23.7. The molecule has 0 spiro atoms. The topological polar surface area (TPSA) is 268 Å². The SMILES string of the molecule is NC[C@@H]1O[C@@H](O[C@H]2[C@H](O)[C@@H](O[C@H]3O[C@H](CO)[C@@H](O)[C@@H](N)[C@H]3O)[C@@H](N)C[C@H]2N)[C@@H](N)C[C@H]1O. The second-order valence-corrected chi connectivity index (χ2v) is 8.78. The molecule has 14 nitrogen and oxygen atoms in total. The third-order valence-corrected chi connectivity index (χ3v) is 6.41. The van der Waals surface area contributed by atoms with E-state index in [1.807, 2.05) is 0 Å². The molecule has 0 bridgehead atoms. The van der Waals surface area contributed by atoms with Crippen LogP contribution in [-0.4, -0.2) is 124 Å². The number of aliphatic hydroxyl groups excluding tert-OH is 5. The van der Waals surface area contributed by atoms with Crippen molar-refractivity contribution >= 4 is 0 Å². The van der Waals surface area contributed by atoms with Gasteiger partial charge in [-0.3, -0.25) is 0 Å². The highest BCUT2D eigenvalue weighted by Gasteiger charge is 2.50. The van der Waals surface area contributed by atoms with Crippen molar-refractivity contribution in [3.05, 3.63) is 0 Å². The molecule has 0 amide bonds. The maximum absolute atomic E-state index is 11.0. The van der Waals surface area contributed by atoms with Crippen LogP contribution in [-0.2, 0) is 18.9 Å². The van der Waals surface area contributed by atoms with Gasteiger partial charge in [-0.1, -0.05) is 0 Å². The lowest BCUT2D eigenvalue weighted by molar-refractivity contribution is -0.314. The lowest BCUT2D eigenvalue weighted by atomic mass is 9.84. The monoisotopic (exact) mass is 467 g/mol. The zero-order valence-corrected chi connectivity index (χ0v) is 17.7. The summed E-state index contributed by atoms with van der Waals surface area (Å²) in [6.07, 6.45) is -10.8. The van der Waals surface area contributed by atoms with E-state index in [4.69, 9.17) is 47.6 Å². The van der Waals surface area contributed by atoms with E-state index in [1.54, 1.807) is 0 Å². The molecule has 32 heavy (non-hydrogen) atoms. The van der Waals surface area contributed by atoms with E-state index in [0.29, 0.717) is 0 Å². The third kappa shape index (κ3) is 5.24. The molecule has 2 aliphatic heterocycles. The molecule has 14 heteroatoms. The Morgan fingerprint density at radius 1 is 0.719 bits per heavy atom. The minimum absolute atomic E-state index is 0.0542. The summed E-state index contributed by atoms with van der Waals surface area (Å²) in [5.41, 5.74) is 29.8. The Kier molecular flexibility index (Phi) is 8.79. The first kappa shape index (κ1) is 26.1. The molecule has 1 saturated carbocycles. The average molecular weight is 468 g/mol. The van der Waals surface area contributed by atoms with Gasteiger partial charge >= 0.3 is 0 Å². The molecular formula is C18H37N5O9. The van der Waals surface area contributed by atoms with Crippen molar-refractivity contribution < 1.29 is 44.5 Å². The van der Waals surface area contributed by atoms with Crippen molar-refractivity contribution in [2.24, 2.45) is 28.7 Å². The minimum Gasteiger partial charge on any atom is -0.394 e. The molecule has 14 atom stereocenters. The molecule has 0 aromatic heterocycles. The van der Waals surface area contributed by atoms with E-state index in [1.165, 1.54) is 0 Å². The van der Waals surface area contributed by atoms with Gasteiger partial charge in [0, 0.05) is 18.6 Å². The largest absolute Gasteiger partial charge is 0.394 e. The molecular weight excluding hydrogens is 430 g/mol. The summed E-state index contributed by atoms with van der Waals surface area (Å²) < 4.78 is 22.7. The fraction of sp³-hybridized carbons (Fsp3) is 1.00. The number of nitrogens with two attached hydrogens (primary N) is 5. The Balaban J connectivity index is 1.70. The number of rotatable bonds is 6. The van der Waals surface area contributed by atoms with Gasteiger partial charge in [0.1, 0.15) is 36.6 Å². The second kappa shape index (κ2) is 10.8. The van der Waals surface area contributed by atoms with Crippen LogP contribution in [0.15, 0.2) is 0 Å². The maximum Gasteiger partial charge on any atom is 0.186 e. The van der Waals surface area contributed by atoms with Crippen molar-refractivity contribution in [1.82, 2.24) is 0 Å².